The van der Waals surface area contributed by atoms with Crippen LogP contribution in [0, 0.1) is 11.3 Å². The minimum atomic E-state index is -4.79. The number of ether oxygens (including phenoxy) is 1. The normalized spacial score (nSPS) is 19.9. The number of aromatic amines is 1. The van der Waals surface area contributed by atoms with Crippen LogP contribution in [0.5, 0.6) is 0 Å². The maximum absolute atomic E-state index is 13.5. The molecule has 0 saturated carbocycles. The van der Waals surface area contributed by atoms with E-state index in [1.54, 1.807) is 18.3 Å². The van der Waals surface area contributed by atoms with Crippen LogP contribution in [-0.4, -0.2) is 83.4 Å². The molecular weight excluding hydrogens is 479 g/mol. The van der Waals surface area contributed by atoms with Gasteiger partial charge in [-0.2, -0.15) is 23.5 Å². The second kappa shape index (κ2) is 11.2. The van der Waals surface area contributed by atoms with Crippen molar-refractivity contribution in [2.45, 2.75) is 37.7 Å². The van der Waals surface area contributed by atoms with Gasteiger partial charge in [-0.3, -0.25) is 9.69 Å². The number of nitriles is 1. The lowest BCUT2D eigenvalue weighted by molar-refractivity contribution is -0.138. The van der Waals surface area contributed by atoms with Gasteiger partial charge in [0.1, 0.15) is 23.7 Å². The summed E-state index contributed by atoms with van der Waals surface area (Å²) in [6, 6.07) is 5.28. The Hall–Kier alpha value is -3.21. The van der Waals surface area contributed by atoms with Crippen LogP contribution < -0.4 is 15.4 Å². The number of halogens is 3. The molecule has 2 aromatic rings. The number of aromatic nitrogens is 3. The fraction of sp³-hybridized carbons (Fsp3) is 0.565. The second-order valence-corrected chi connectivity index (χ2v) is 8.80. The van der Waals surface area contributed by atoms with Crippen molar-refractivity contribution in [2.75, 3.05) is 55.7 Å². The standard InChI is InChI=1S/C23H28F3N7O3/c24-23(25,26)20-18(14-29-30-22(20)35)33-7-2-4-17(33)15-36-12-5-19(34)31-8-10-32(11-9-31)21-16(13-27)3-1-6-28-21/h1,3,6,14,17,19,34H,2,4-5,7-12,15H2,(H,30,35)/t17-,19?/m0/s1. The van der Waals surface area contributed by atoms with Gasteiger partial charge in [-0.25, -0.2) is 10.1 Å². The number of alkyl halides is 3. The first-order valence-corrected chi connectivity index (χ1v) is 11.8. The number of rotatable bonds is 8. The van der Waals surface area contributed by atoms with Gasteiger partial charge in [-0.15, -0.1) is 0 Å². The van der Waals surface area contributed by atoms with Crippen LogP contribution in [0.4, 0.5) is 24.7 Å². The van der Waals surface area contributed by atoms with E-state index in [1.165, 1.54) is 4.90 Å². The van der Waals surface area contributed by atoms with Crippen molar-refractivity contribution in [3.05, 3.63) is 46.0 Å². The van der Waals surface area contributed by atoms with Crippen molar-refractivity contribution in [1.29, 1.82) is 5.26 Å². The third-order valence-electron chi connectivity index (χ3n) is 6.58. The molecule has 194 valence electrons. The van der Waals surface area contributed by atoms with E-state index in [0.29, 0.717) is 63.4 Å². The van der Waals surface area contributed by atoms with Crippen molar-refractivity contribution in [2.24, 2.45) is 0 Å². The Morgan fingerprint density at radius 2 is 2.06 bits per heavy atom. The highest BCUT2D eigenvalue weighted by Gasteiger charge is 2.40. The van der Waals surface area contributed by atoms with Gasteiger partial charge in [-0.1, -0.05) is 0 Å². The number of pyridine rings is 1. The Bertz CT molecular complexity index is 1130. The minimum Gasteiger partial charge on any atom is -0.379 e. The number of anilines is 2. The first-order valence-electron chi connectivity index (χ1n) is 11.8. The molecule has 0 aliphatic carbocycles. The number of nitrogens with zero attached hydrogens (tertiary/aromatic N) is 6. The summed E-state index contributed by atoms with van der Waals surface area (Å²) in [5, 5.41) is 25.3. The van der Waals surface area contributed by atoms with Crippen LogP contribution in [0.2, 0.25) is 0 Å². The summed E-state index contributed by atoms with van der Waals surface area (Å²) in [6.07, 6.45) is -1.17. The number of aliphatic hydroxyl groups excluding tert-OH is 1. The minimum absolute atomic E-state index is 0.182. The van der Waals surface area contributed by atoms with Gasteiger partial charge in [-0.05, 0) is 25.0 Å². The topological polar surface area (TPSA) is 122 Å². The molecule has 2 saturated heterocycles. The molecule has 13 heteroatoms. The third kappa shape index (κ3) is 5.77. The monoisotopic (exact) mass is 507 g/mol. The average molecular weight is 508 g/mol. The Labute approximate surface area is 205 Å². The maximum Gasteiger partial charge on any atom is 0.423 e. The van der Waals surface area contributed by atoms with E-state index in [4.69, 9.17) is 4.74 Å². The quantitative estimate of drug-likeness (QED) is 0.513. The van der Waals surface area contributed by atoms with Gasteiger partial charge in [0.25, 0.3) is 5.56 Å². The van der Waals surface area contributed by atoms with Crippen molar-refractivity contribution in [3.8, 4) is 6.07 Å². The molecule has 2 N–H and O–H groups in total. The molecule has 0 radical (unpaired) electrons. The number of aliphatic hydroxyl groups is 1. The first-order chi connectivity index (χ1) is 17.3. The zero-order chi connectivity index (χ0) is 25.7. The molecule has 0 bridgehead atoms. The van der Waals surface area contributed by atoms with Gasteiger partial charge in [0.15, 0.2) is 0 Å². The lowest BCUT2D eigenvalue weighted by Gasteiger charge is -2.38. The summed E-state index contributed by atoms with van der Waals surface area (Å²) in [6.45, 7) is 3.22. The molecule has 10 nitrogen and oxygen atoms in total. The smallest absolute Gasteiger partial charge is 0.379 e. The summed E-state index contributed by atoms with van der Waals surface area (Å²) >= 11 is 0. The van der Waals surface area contributed by atoms with Crippen molar-refractivity contribution < 1.29 is 23.0 Å². The predicted octanol–water partition coefficient (Wildman–Crippen LogP) is 1.57. The Kier molecular flexibility index (Phi) is 8.07. The van der Waals surface area contributed by atoms with Crippen LogP contribution in [-0.2, 0) is 10.9 Å². The molecule has 2 aliphatic rings. The van der Waals surface area contributed by atoms with Crippen molar-refractivity contribution >= 4 is 11.5 Å². The fourth-order valence-corrected chi connectivity index (χ4v) is 4.77. The van der Waals surface area contributed by atoms with Crippen LogP contribution in [0.25, 0.3) is 0 Å². The van der Waals surface area contributed by atoms with E-state index in [9.17, 15) is 28.3 Å². The van der Waals surface area contributed by atoms with Crippen LogP contribution in [0.1, 0.15) is 30.4 Å². The Morgan fingerprint density at radius 3 is 2.78 bits per heavy atom. The maximum atomic E-state index is 13.5. The van der Waals surface area contributed by atoms with Crippen molar-refractivity contribution in [3.63, 3.8) is 0 Å². The predicted molar refractivity (Wildman–Crippen MR) is 124 cm³/mol. The third-order valence-corrected chi connectivity index (χ3v) is 6.58. The van der Waals surface area contributed by atoms with Crippen LogP contribution in [0.3, 0.4) is 0 Å². The Morgan fingerprint density at radius 1 is 1.28 bits per heavy atom. The molecular formula is C23H28F3N7O3. The van der Waals surface area contributed by atoms with E-state index in [2.05, 4.69) is 16.2 Å². The molecule has 4 rings (SSSR count). The van der Waals surface area contributed by atoms with Gasteiger partial charge >= 0.3 is 6.18 Å². The largest absolute Gasteiger partial charge is 0.423 e. The summed E-state index contributed by atoms with van der Waals surface area (Å²) < 4.78 is 46.1. The van der Waals surface area contributed by atoms with E-state index in [0.717, 1.165) is 6.20 Å². The lowest BCUT2D eigenvalue weighted by atomic mass is 10.2. The highest BCUT2D eigenvalue weighted by Crippen LogP contribution is 2.36. The Balaban J connectivity index is 1.25. The summed E-state index contributed by atoms with van der Waals surface area (Å²) in [5.74, 6) is 0.642. The zero-order valence-electron chi connectivity index (χ0n) is 19.6. The van der Waals surface area contributed by atoms with E-state index in [-0.39, 0.29) is 24.9 Å². The SMILES string of the molecule is N#Cc1cccnc1N1CCN(C(O)CCOC[C@@H]2CCCN2c2cn[nH]c(=O)c2C(F)(F)F)CC1. The van der Waals surface area contributed by atoms with Crippen molar-refractivity contribution in [1.82, 2.24) is 20.1 Å². The lowest BCUT2D eigenvalue weighted by Crippen LogP contribution is -2.51. The molecule has 0 amide bonds. The van der Waals surface area contributed by atoms with Gasteiger partial charge in [0.05, 0.1) is 36.7 Å². The number of hydrogen-bond acceptors (Lipinski definition) is 9. The molecule has 4 heterocycles. The van der Waals surface area contributed by atoms with Crippen LogP contribution >= 0.6 is 0 Å². The molecule has 2 atom stereocenters. The summed E-state index contributed by atoms with van der Waals surface area (Å²) in [5.41, 5.74) is -2.23. The van der Waals surface area contributed by atoms with E-state index in [1.807, 2.05) is 14.9 Å². The molecule has 1 unspecified atom stereocenters. The highest BCUT2D eigenvalue weighted by atomic mass is 19.4. The molecule has 36 heavy (non-hydrogen) atoms. The van der Waals surface area contributed by atoms with Gasteiger partial charge < -0.3 is 19.6 Å². The van der Waals surface area contributed by atoms with E-state index >= 15 is 0 Å². The zero-order valence-corrected chi connectivity index (χ0v) is 19.6. The average Bonchev–Trinajstić information content (AvgIpc) is 3.34. The molecule has 2 fully saturated rings. The number of nitrogens with one attached hydrogen (secondary N) is 1. The highest BCUT2D eigenvalue weighted by molar-refractivity contribution is 5.54. The molecule has 2 aliphatic heterocycles. The first kappa shape index (κ1) is 25.9. The number of piperazine rings is 1. The molecule has 0 aromatic carbocycles. The van der Waals surface area contributed by atoms with Crippen LogP contribution in [0.15, 0.2) is 29.3 Å². The van der Waals surface area contributed by atoms with E-state index < -0.39 is 23.5 Å². The summed E-state index contributed by atoms with van der Waals surface area (Å²) in [7, 11) is 0. The van der Waals surface area contributed by atoms with Gasteiger partial charge in [0, 0.05) is 45.3 Å². The second-order valence-electron chi connectivity index (χ2n) is 8.80. The number of hydrogen-bond donors (Lipinski definition) is 2. The summed E-state index contributed by atoms with van der Waals surface area (Å²) in [4.78, 5) is 21.6. The molecule has 2 aromatic heterocycles. The number of H-pyrrole nitrogens is 1. The van der Waals surface area contributed by atoms with Gasteiger partial charge in [0.2, 0.25) is 0 Å². The molecule has 0 spiro atoms. The fourth-order valence-electron chi connectivity index (χ4n) is 4.77.